The molecule has 2 aromatic carbocycles. The fourth-order valence-corrected chi connectivity index (χ4v) is 2.10. The number of benzene rings is 2. The number of ether oxygens (including phenoxy) is 1. The first-order chi connectivity index (χ1) is 11.1. The highest BCUT2D eigenvalue weighted by molar-refractivity contribution is 5.89. The molecule has 0 saturated heterocycles. The number of carbonyl (C=O) groups is 1. The average Bonchev–Trinajstić information content (AvgIpc) is 2.94. The highest BCUT2D eigenvalue weighted by Gasteiger charge is 2.14. The van der Waals surface area contributed by atoms with Crippen LogP contribution in [0.25, 0.3) is 11.5 Å². The van der Waals surface area contributed by atoms with Crippen molar-refractivity contribution < 1.29 is 18.3 Å². The van der Waals surface area contributed by atoms with E-state index < -0.39 is 11.8 Å². The number of rotatable bonds is 4. The maximum absolute atomic E-state index is 13.1. The van der Waals surface area contributed by atoms with Crippen LogP contribution >= 0.6 is 0 Å². The summed E-state index contributed by atoms with van der Waals surface area (Å²) in [5.74, 6) is -0.0348. The van der Waals surface area contributed by atoms with Crippen LogP contribution in [0.3, 0.4) is 0 Å². The van der Waals surface area contributed by atoms with Gasteiger partial charge in [-0.15, -0.1) is 0 Å². The van der Waals surface area contributed by atoms with Crippen LogP contribution in [0.4, 0.5) is 4.39 Å². The molecular weight excluding hydrogens is 297 g/mol. The summed E-state index contributed by atoms with van der Waals surface area (Å²) in [5, 5.41) is 0. The summed E-state index contributed by atoms with van der Waals surface area (Å²) in [6, 6.07) is 14.8. The molecule has 0 bridgehead atoms. The van der Waals surface area contributed by atoms with Crippen LogP contribution < -0.4 is 0 Å². The lowest BCUT2D eigenvalue weighted by molar-refractivity contribution is 0.0466. The number of aromatic nitrogens is 1. The van der Waals surface area contributed by atoms with Crippen LogP contribution in [0.2, 0.25) is 0 Å². The fraction of sp³-hybridized carbons (Fsp3) is 0.111. The topological polar surface area (TPSA) is 52.3 Å². The third kappa shape index (κ3) is 3.45. The van der Waals surface area contributed by atoms with Crippen LogP contribution in [0.1, 0.15) is 21.8 Å². The predicted octanol–water partition coefficient (Wildman–Crippen LogP) is 4.15. The molecule has 1 aromatic heterocycles. The monoisotopic (exact) mass is 311 g/mol. The Morgan fingerprint density at radius 3 is 2.70 bits per heavy atom. The van der Waals surface area contributed by atoms with Crippen LogP contribution in [-0.4, -0.2) is 11.0 Å². The number of hydrogen-bond acceptors (Lipinski definition) is 4. The van der Waals surface area contributed by atoms with Gasteiger partial charge in [0.25, 0.3) is 0 Å². The highest BCUT2D eigenvalue weighted by atomic mass is 19.1. The van der Waals surface area contributed by atoms with E-state index in [1.54, 1.807) is 6.92 Å². The normalized spacial score (nSPS) is 10.5. The van der Waals surface area contributed by atoms with Crippen molar-refractivity contribution in [1.82, 2.24) is 4.98 Å². The maximum atomic E-state index is 13.1. The van der Waals surface area contributed by atoms with E-state index >= 15 is 0 Å². The smallest absolute Gasteiger partial charge is 0.338 e. The van der Waals surface area contributed by atoms with E-state index in [-0.39, 0.29) is 12.2 Å². The molecule has 0 aliphatic carbocycles. The van der Waals surface area contributed by atoms with Crippen molar-refractivity contribution in [2.75, 3.05) is 0 Å². The minimum atomic E-state index is -0.604. The van der Waals surface area contributed by atoms with Gasteiger partial charge in [-0.25, -0.2) is 14.2 Å². The Morgan fingerprint density at radius 1 is 1.17 bits per heavy atom. The van der Waals surface area contributed by atoms with E-state index in [0.29, 0.717) is 17.3 Å². The lowest BCUT2D eigenvalue weighted by Crippen LogP contribution is -2.06. The van der Waals surface area contributed by atoms with Crippen LogP contribution in [0.15, 0.2) is 59.0 Å². The molecule has 3 aromatic rings. The second-order valence-electron chi connectivity index (χ2n) is 4.97. The van der Waals surface area contributed by atoms with Gasteiger partial charge in [-0.2, -0.15) is 0 Å². The van der Waals surface area contributed by atoms with E-state index in [1.165, 1.54) is 18.2 Å². The first kappa shape index (κ1) is 15.0. The molecule has 116 valence electrons. The molecule has 0 spiro atoms. The van der Waals surface area contributed by atoms with Crippen molar-refractivity contribution in [2.45, 2.75) is 13.5 Å². The van der Waals surface area contributed by atoms with Crippen molar-refractivity contribution in [3.8, 4) is 11.5 Å². The molecule has 0 fully saturated rings. The van der Waals surface area contributed by atoms with Gasteiger partial charge in [0.15, 0.2) is 0 Å². The summed E-state index contributed by atoms with van der Waals surface area (Å²) in [7, 11) is 0. The third-order valence-corrected chi connectivity index (χ3v) is 3.31. The van der Waals surface area contributed by atoms with E-state index in [1.807, 2.05) is 30.3 Å². The number of esters is 1. The molecule has 0 atom stereocenters. The van der Waals surface area contributed by atoms with Crippen molar-refractivity contribution in [2.24, 2.45) is 0 Å². The Hall–Kier alpha value is -2.95. The van der Waals surface area contributed by atoms with Crippen LogP contribution in [0, 0.1) is 12.7 Å². The molecule has 0 radical (unpaired) electrons. The highest BCUT2D eigenvalue weighted by Crippen LogP contribution is 2.22. The summed E-state index contributed by atoms with van der Waals surface area (Å²) < 4.78 is 23.9. The summed E-state index contributed by atoms with van der Waals surface area (Å²) >= 11 is 0. The van der Waals surface area contributed by atoms with Crippen LogP contribution in [0.5, 0.6) is 0 Å². The SMILES string of the molecule is Cc1oc(-c2ccccc2)nc1COC(=O)c1cccc(F)c1. The summed E-state index contributed by atoms with van der Waals surface area (Å²) in [6.07, 6.45) is 0. The molecule has 1 heterocycles. The molecule has 0 aliphatic heterocycles. The lowest BCUT2D eigenvalue weighted by atomic mass is 10.2. The van der Waals surface area contributed by atoms with Gasteiger partial charge in [-0.05, 0) is 37.3 Å². The fourth-order valence-electron chi connectivity index (χ4n) is 2.10. The first-order valence-electron chi connectivity index (χ1n) is 7.08. The zero-order valence-corrected chi connectivity index (χ0v) is 12.5. The lowest BCUT2D eigenvalue weighted by Gasteiger charge is -2.03. The summed E-state index contributed by atoms with van der Waals surface area (Å²) in [5.41, 5.74) is 1.54. The minimum Gasteiger partial charge on any atom is -0.455 e. The van der Waals surface area contributed by atoms with E-state index in [4.69, 9.17) is 9.15 Å². The van der Waals surface area contributed by atoms with Gasteiger partial charge < -0.3 is 9.15 Å². The zero-order chi connectivity index (χ0) is 16.2. The number of hydrogen-bond donors (Lipinski definition) is 0. The number of nitrogens with zero attached hydrogens (tertiary/aromatic N) is 1. The molecule has 23 heavy (non-hydrogen) atoms. The quantitative estimate of drug-likeness (QED) is 0.679. The Labute approximate surface area is 132 Å². The summed E-state index contributed by atoms with van der Waals surface area (Å²) in [4.78, 5) is 16.3. The van der Waals surface area contributed by atoms with Gasteiger partial charge in [-0.3, -0.25) is 0 Å². The molecule has 0 amide bonds. The van der Waals surface area contributed by atoms with Gasteiger partial charge in [0, 0.05) is 5.56 Å². The van der Waals surface area contributed by atoms with Crippen LogP contribution in [-0.2, 0) is 11.3 Å². The molecule has 0 aliphatic rings. The van der Waals surface area contributed by atoms with Crippen molar-refractivity contribution in [1.29, 1.82) is 0 Å². The number of carbonyl (C=O) groups excluding carboxylic acids is 1. The van der Waals surface area contributed by atoms with Crippen molar-refractivity contribution >= 4 is 5.97 Å². The molecule has 3 rings (SSSR count). The van der Waals surface area contributed by atoms with Gasteiger partial charge in [0.1, 0.15) is 23.9 Å². The standard InChI is InChI=1S/C18H14FNO3/c1-12-16(20-17(23-12)13-6-3-2-4-7-13)11-22-18(21)14-8-5-9-15(19)10-14/h2-10H,11H2,1H3. The second kappa shape index (κ2) is 6.44. The molecule has 0 saturated carbocycles. The van der Waals surface area contributed by atoms with Crippen molar-refractivity contribution in [3.63, 3.8) is 0 Å². The van der Waals surface area contributed by atoms with Crippen molar-refractivity contribution in [3.05, 3.63) is 77.4 Å². The van der Waals surface area contributed by atoms with E-state index in [2.05, 4.69) is 4.98 Å². The Bertz CT molecular complexity index is 827. The molecule has 4 nitrogen and oxygen atoms in total. The van der Waals surface area contributed by atoms with Gasteiger partial charge in [-0.1, -0.05) is 24.3 Å². The largest absolute Gasteiger partial charge is 0.455 e. The minimum absolute atomic E-state index is 0.0302. The molecule has 0 N–H and O–H groups in total. The second-order valence-corrected chi connectivity index (χ2v) is 4.97. The Morgan fingerprint density at radius 2 is 1.96 bits per heavy atom. The number of aryl methyl sites for hydroxylation is 1. The average molecular weight is 311 g/mol. The molecule has 5 heteroatoms. The third-order valence-electron chi connectivity index (χ3n) is 3.31. The molecular formula is C18H14FNO3. The zero-order valence-electron chi connectivity index (χ0n) is 12.5. The van der Waals surface area contributed by atoms with Gasteiger partial charge in [0.05, 0.1) is 5.56 Å². The Kier molecular flexibility index (Phi) is 4.19. The predicted molar refractivity (Wildman–Crippen MR) is 82.2 cm³/mol. The summed E-state index contributed by atoms with van der Waals surface area (Å²) in [6.45, 7) is 1.72. The molecule has 0 unspecified atom stereocenters. The maximum Gasteiger partial charge on any atom is 0.338 e. The van der Waals surface area contributed by atoms with Gasteiger partial charge in [0.2, 0.25) is 5.89 Å². The number of oxazole rings is 1. The van der Waals surface area contributed by atoms with E-state index in [0.717, 1.165) is 11.6 Å². The first-order valence-corrected chi connectivity index (χ1v) is 7.08. The number of halogens is 1. The van der Waals surface area contributed by atoms with E-state index in [9.17, 15) is 9.18 Å². The Balaban J connectivity index is 1.71. The van der Waals surface area contributed by atoms with Gasteiger partial charge >= 0.3 is 5.97 Å².